The van der Waals surface area contributed by atoms with Crippen LogP contribution in [0.4, 0.5) is 30.8 Å². The van der Waals surface area contributed by atoms with Crippen LogP contribution >= 0.6 is 0 Å². The van der Waals surface area contributed by atoms with Gasteiger partial charge < -0.3 is 20.5 Å². The average molecular weight is 554 g/mol. The fourth-order valence-corrected chi connectivity index (χ4v) is 4.58. The average Bonchev–Trinajstić information content (AvgIpc) is 3.29. The first kappa shape index (κ1) is 27.3. The molecule has 4 heterocycles. The smallest absolute Gasteiger partial charge is 0.368 e. The Bertz CT molecular complexity index is 1480. The van der Waals surface area contributed by atoms with Gasteiger partial charge in [-0.3, -0.25) is 9.69 Å². The van der Waals surface area contributed by atoms with Crippen molar-refractivity contribution in [3.63, 3.8) is 0 Å². The van der Waals surface area contributed by atoms with Gasteiger partial charge in [0.05, 0.1) is 16.7 Å². The van der Waals surface area contributed by atoms with Gasteiger partial charge in [-0.2, -0.15) is 13.2 Å². The van der Waals surface area contributed by atoms with Crippen molar-refractivity contribution in [1.82, 2.24) is 34.7 Å². The van der Waals surface area contributed by atoms with E-state index in [0.29, 0.717) is 31.4 Å². The topological polar surface area (TPSA) is 115 Å². The molecular formula is C27H30F3N9O. The number of piperazine rings is 1. The number of rotatable bonds is 8. The summed E-state index contributed by atoms with van der Waals surface area (Å²) >= 11 is 0. The molecule has 0 bridgehead atoms. The molecule has 5 rings (SSSR count). The van der Waals surface area contributed by atoms with E-state index in [9.17, 15) is 18.0 Å². The van der Waals surface area contributed by atoms with Gasteiger partial charge in [0, 0.05) is 56.6 Å². The van der Waals surface area contributed by atoms with Crippen molar-refractivity contribution in [2.24, 2.45) is 0 Å². The Morgan fingerprint density at radius 3 is 2.58 bits per heavy atom. The molecule has 1 saturated heterocycles. The van der Waals surface area contributed by atoms with Crippen molar-refractivity contribution in [2.75, 3.05) is 36.8 Å². The lowest BCUT2D eigenvalue weighted by atomic mass is 10.1. The number of hydrogen-bond donors (Lipinski definition) is 3. The standard InChI is InChI=1S/C27H30F3N9O/c1-17(2)34-24-13-21(32-16-33-24)19-3-4-20-22(12-19)36-26(35-20)37-23-11-18(5-6-31-23)15-38-7-9-39(10-8-38)25(40)14-27(28,29)30/h3-6,11-13,16-17H,7-10,14-15H2,1-2H3,(H,32,33,34)(H2,31,35,36,37). The minimum absolute atomic E-state index is 0.256. The second-order valence-corrected chi connectivity index (χ2v) is 10.0. The van der Waals surface area contributed by atoms with E-state index < -0.39 is 18.5 Å². The third-order valence-electron chi connectivity index (χ3n) is 6.43. The number of anilines is 3. The lowest BCUT2D eigenvalue weighted by Gasteiger charge is -2.35. The molecule has 0 saturated carbocycles. The minimum atomic E-state index is -4.48. The van der Waals surface area contributed by atoms with Gasteiger partial charge in [0.15, 0.2) is 0 Å². The molecular weight excluding hydrogens is 523 g/mol. The first-order chi connectivity index (χ1) is 19.1. The summed E-state index contributed by atoms with van der Waals surface area (Å²) < 4.78 is 37.6. The number of alkyl halides is 3. The summed E-state index contributed by atoms with van der Waals surface area (Å²) in [7, 11) is 0. The molecule has 40 heavy (non-hydrogen) atoms. The Morgan fingerprint density at radius 2 is 1.82 bits per heavy atom. The third kappa shape index (κ3) is 7.03. The van der Waals surface area contributed by atoms with Crippen LogP contribution in [0.15, 0.2) is 48.9 Å². The van der Waals surface area contributed by atoms with Gasteiger partial charge in [-0.1, -0.05) is 6.07 Å². The van der Waals surface area contributed by atoms with E-state index in [2.05, 4.69) is 40.5 Å². The van der Waals surface area contributed by atoms with Gasteiger partial charge in [0.1, 0.15) is 24.4 Å². The van der Waals surface area contributed by atoms with Crippen molar-refractivity contribution in [1.29, 1.82) is 0 Å². The zero-order valence-corrected chi connectivity index (χ0v) is 22.2. The van der Waals surface area contributed by atoms with Gasteiger partial charge in [-0.05, 0) is 43.7 Å². The second kappa shape index (κ2) is 11.5. The van der Waals surface area contributed by atoms with Gasteiger partial charge >= 0.3 is 6.18 Å². The number of amides is 1. The molecule has 210 valence electrons. The molecule has 3 aromatic heterocycles. The van der Waals surface area contributed by atoms with Crippen molar-refractivity contribution in [3.8, 4) is 11.3 Å². The Morgan fingerprint density at radius 1 is 1.02 bits per heavy atom. The van der Waals surface area contributed by atoms with E-state index in [-0.39, 0.29) is 19.1 Å². The maximum atomic E-state index is 12.5. The van der Waals surface area contributed by atoms with Crippen LogP contribution in [-0.4, -0.2) is 79.0 Å². The number of aromatic nitrogens is 5. The molecule has 4 aromatic rings. The number of carbonyl (C=O) groups is 1. The van der Waals surface area contributed by atoms with Crippen molar-refractivity contribution < 1.29 is 18.0 Å². The number of nitrogens with zero attached hydrogens (tertiary/aromatic N) is 6. The van der Waals surface area contributed by atoms with Crippen LogP contribution in [0.5, 0.6) is 0 Å². The third-order valence-corrected chi connectivity index (χ3v) is 6.43. The fraction of sp³-hybridized carbons (Fsp3) is 0.370. The number of benzene rings is 1. The Labute approximate surface area is 229 Å². The van der Waals surface area contributed by atoms with Crippen molar-refractivity contribution in [3.05, 3.63) is 54.5 Å². The highest BCUT2D eigenvalue weighted by Gasteiger charge is 2.34. The number of pyridine rings is 1. The summed E-state index contributed by atoms with van der Waals surface area (Å²) in [5, 5.41) is 6.50. The predicted molar refractivity (Wildman–Crippen MR) is 146 cm³/mol. The molecule has 1 amide bonds. The number of imidazole rings is 1. The summed E-state index contributed by atoms with van der Waals surface area (Å²) in [4.78, 5) is 36.2. The first-order valence-corrected chi connectivity index (χ1v) is 13.0. The lowest BCUT2D eigenvalue weighted by molar-refractivity contribution is -0.162. The number of fused-ring (bicyclic) bond motifs is 1. The van der Waals surface area contributed by atoms with Crippen LogP contribution in [0.25, 0.3) is 22.3 Å². The Kier molecular flexibility index (Phi) is 7.83. The van der Waals surface area contributed by atoms with Gasteiger partial charge in [-0.15, -0.1) is 0 Å². The Balaban J connectivity index is 1.21. The van der Waals surface area contributed by atoms with E-state index in [0.717, 1.165) is 33.7 Å². The molecule has 13 heteroatoms. The van der Waals surface area contributed by atoms with Gasteiger partial charge in [0.25, 0.3) is 0 Å². The van der Waals surface area contributed by atoms with E-state index in [1.54, 1.807) is 6.20 Å². The minimum Gasteiger partial charge on any atom is -0.368 e. The SMILES string of the molecule is CC(C)Nc1cc(-c2ccc3nc(Nc4cc(CN5CCN(C(=O)CC(F)(F)F)CC5)ccn4)[nH]c3c2)ncn1. The van der Waals surface area contributed by atoms with E-state index in [1.165, 1.54) is 11.2 Å². The monoisotopic (exact) mass is 553 g/mol. The van der Waals surface area contributed by atoms with E-state index in [1.807, 2.05) is 50.2 Å². The first-order valence-electron chi connectivity index (χ1n) is 13.0. The highest BCUT2D eigenvalue weighted by Crippen LogP contribution is 2.25. The molecule has 0 spiro atoms. The number of aromatic amines is 1. The molecule has 0 radical (unpaired) electrons. The number of H-pyrrole nitrogens is 1. The van der Waals surface area contributed by atoms with Crippen LogP contribution < -0.4 is 10.6 Å². The van der Waals surface area contributed by atoms with Crippen LogP contribution in [0.1, 0.15) is 25.8 Å². The maximum Gasteiger partial charge on any atom is 0.397 e. The van der Waals surface area contributed by atoms with Crippen molar-refractivity contribution in [2.45, 2.75) is 39.0 Å². The summed E-state index contributed by atoms with van der Waals surface area (Å²) in [5.74, 6) is 1.04. The fourth-order valence-electron chi connectivity index (χ4n) is 4.58. The second-order valence-electron chi connectivity index (χ2n) is 10.0. The molecule has 3 N–H and O–H groups in total. The van der Waals surface area contributed by atoms with Crippen LogP contribution in [0.2, 0.25) is 0 Å². The zero-order valence-electron chi connectivity index (χ0n) is 22.2. The van der Waals surface area contributed by atoms with E-state index >= 15 is 0 Å². The van der Waals surface area contributed by atoms with Crippen LogP contribution in [0, 0.1) is 0 Å². The highest BCUT2D eigenvalue weighted by molar-refractivity contribution is 5.83. The zero-order chi connectivity index (χ0) is 28.3. The molecule has 0 aliphatic carbocycles. The highest BCUT2D eigenvalue weighted by atomic mass is 19.4. The van der Waals surface area contributed by atoms with Gasteiger partial charge in [0.2, 0.25) is 11.9 Å². The van der Waals surface area contributed by atoms with Crippen LogP contribution in [-0.2, 0) is 11.3 Å². The largest absolute Gasteiger partial charge is 0.397 e. The summed E-state index contributed by atoms with van der Waals surface area (Å²) in [6, 6.07) is 11.8. The number of carbonyl (C=O) groups excluding carboxylic acids is 1. The number of nitrogens with one attached hydrogen (secondary N) is 3. The molecule has 10 nitrogen and oxygen atoms in total. The van der Waals surface area contributed by atoms with Crippen LogP contribution in [0.3, 0.4) is 0 Å². The molecule has 1 aromatic carbocycles. The molecule has 0 unspecified atom stereocenters. The number of halogens is 3. The molecule has 0 atom stereocenters. The molecule has 1 aliphatic heterocycles. The maximum absolute atomic E-state index is 12.5. The number of hydrogen-bond acceptors (Lipinski definition) is 8. The molecule has 1 fully saturated rings. The quantitative estimate of drug-likeness (QED) is 0.291. The normalized spacial score (nSPS) is 14.6. The summed E-state index contributed by atoms with van der Waals surface area (Å²) in [5.41, 5.74) is 4.34. The summed E-state index contributed by atoms with van der Waals surface area (Å²) in [6.45, 7) is 6.24. The van der Waals surface area contributed by atoms with E-state index in [4.69, 9.17) is 0 Å². The lowest BCUT2D eigenvalue weighted by Crippen LogP contribution is -2.49. The molecule has 1 aliphatic rings. The Hall–Kier alpha value is -4.26. The van der Waals surface area contributed by atoms with Crippen molar-refractivity contribution >= 4 is 34.5 Å². The van der Waals surface area contributed by atoms with Gasteiger partial charge in [-0.25, -0.2) is 19.9 Å². The summed E-state index contributed by atoms with van der Waals surface area (Å²) in [6.07, 6.45) is -2.66. The predicted octanol–water partition coefficient (Wildman–Crippen LogP) is 4.58.